The van der Waals surface area contributed by atoms with E-state index >= 15 is 0 Å². The van der Waals surface area contributed by atoms with Gasteiger partial charge in [0.05, 0.1) is 0 Å². The van der Waals surface area contributed by atoms with Gasteiger partial charge in [0.1, 0.15) is 12.0 Å². The standard InChI is InChI=1S/C21H23N5OS/c1-13-11-22-19(10-18(13)15-7-8-15)20(27)24-17-6-4-5-16(9-17)14(2)28-21-25-23-12-26(21)3/h4-6,9-12,14-15H,7-8H2,1-3H3,(H,24,27)/t14-/m0/s1. The van der Waals surface area contributed by atoms with E-state index in [1.165, 1.54) is 18.4 Å². The number of nitrogens with one attached hydrogen (secondary N) is 1. The normalized spacial score (nSPS) is 14.7. The molecule has 0 bridgehead atoms. The van der Waals surface area contributed by atoms with Gasteiger partial charge in [-0.1, -0.05) is 23.9 Å². The van der Waals surface area contributed by atoms with Crippen LogP contribution >= 0.6 is 11.8 Å². The second kappa shape index (κ2) is 7.75. The summed E-state index contributed by atoms with van der Waals surface area (Å²) in [7, 11) is 1.93. The highest BCUT2D eigenvalue weighted by Crippen LogP contribution is 2.41. The number of aromatic nitrogens is 4. The molecular formula is C21H23N5OS. The lowest BCUT2D eigenvalue weighted by molar-refractivity contribution is 0.102. The molecule has 0 saturated heterocycles. The van der Waals surface area contributed by atoms with Crippen molar-refractivity contribution in [2.45, 2.75) is 43.0 Å². The van der Waals surface area contributed by atoms with Crippen LogP contribution in [0.3, 0.4) is 0 Å². The molecule has 2 heterocycles. The summed E-state index contributed by atoms with van der Waals surface area (Å²) in [5, 5.41) is 12.1. The third-order valence-corrected chi connectivity index (χ3v) is 6.17. The summed E-state index contributed by atoms with van der Waals surface area (Å²) in [5.41, 5.74) is 4.77. The fourth-order valence-corrected chi connectivity index (χ4v) is 4.07. The molecule has 1 amide bonds. The molecule has 1 aromatic carbocycles. The van der Waals surface area contributed by atoms with Crippen molar-refractivity contribution in [3.05, 3.63) is 65.2 Å². The van der Waals surface area contributed by atoms with Gasteiger partial charge in [0.2, 0.25) is 0 Å². The number of anilines is 1. The van der Waals surface area contributed by atoms with Gasteiger partial charge in [-0.15, -0.1) is 10.2 Å². The molecule has 1 aliphatic rings. The molecular weight excluding hydrogens is 370 g/mol. The van der Waals surface area contributed by atoms with Gasteiger partial charge in [-0.25, -0.2) is 0 Å². The van der Waals surface area contributed by atoms with Crippen LogP contribution < -0.4 is 5.32 Å². The lowest BCUT2D eigenvalue weighted by atomic mass is 10.1. The van der Waals surface area contributed by atoms with Gasteiger partial charge in [0.15, 0.2) is 5.16 Å². The van der Waals surface area contributed by atoms with Crippen LogP contribution in [0, 0.1) is 6.92 Å². The number of amides is 1. The number of benzene rings is 1. The SMILES string of the molecule is Cc1cnc(C(=O)Nc2cccc([C@H](C)Sc3nncn3C)c2)cc1C1CC1. The minimum atomic E-state index is -0.173. The molecule has 7 heteroatoms. The number of carbonyl (C=O) groups excluding carboxylic acids is 1. The van der Waals surface area contributed by atoms with E-state index in [0.29, 0.717) is 11.6 Å². The maximum absolute atomic E-state index is 12.7. The molecule has 0 aliphatic heterocycles. The Morgan fingerprint density at radius 3 is 2.86 bits per heavy atom. The number of hydrogen-bond acceptors (Lipinski definition) is 5. The number of aryl methyl sites for hydroxylation is 2. The lowest BCUT2D eigenvalue weighted by Gasteiger charge is -2.13. The highest BCUT2D eigenvalue weighted by atomic mass is 32.2. The van der Waals surface area contributed by atoms with Crippen LogP contribution in [0.1, 0.15) is 58.1 Å². The fraction of sp³-hybridized carbons (Fsp3) is 0.333. The summed E-state index contributed by atoms with van der Waals surface area (Å²) in [6, 6.07) is 9.85. The molecule has 144 valence electrons. The van der Waals surface area contributed by atoms with Crippen LogP contribution in [0.15, 0.2) is 48.0 Å². The summed E-state index contributed by atoms with van der Waals surface area (Å²) < 4.78 is 1.90. The molecule has 28 heavy (non-hydrogen) atoms. The minimum absolute atomic E-state index is 0.173. The van der Waals surface area contributed by atoms with Crippen molar-refractivity contribution >= 4 is 23.4 Å². The second-order valence-electron chi connectivity index (χ2n) is 7.26. The Bertz CT molecular complexity index is 1010. The first-order valence-corrected chi connectivity index (χ1v) is 10.3. The minimum Gasteiger partial charge on any atom is -0.321 e. The predicted molar refractivity (Wildman–Crippen MR) is 111 cm³/mol. The van der Waals surface area contributed by atoms with Crippen molar-refractivity contribution in [3.8, 4) is 0 Å². The summed E-state index contributed by atoms with van der Waals surface area (Å²) >= 11 is 1.63. The number of pyridine rings is 1. The Morgan fingerprint density at radius 1 is 1.32 bits per heavy atom. The van der Waals surface area contributed by atoms with E-state index in [-0.39, 0.29) is 11.2 Å². The summed E-state index contributed by atoms with van der Waals surface area (Å²) in [6.07, 6.45) is 5.90. The summed E-state index contributed by atoms with van der Waals surface area (Å²) in [4.78, 5) is 17.0. The van der Waals surface area contributed by atoms with Gasteiger partial charge in [0.25, 0.3) is 5.91 Å². The van der Waals surface area contributed by atoms with Gasteiger partial charge in [-0.05, 0) is 67.5 Å². The molecule has 0 unspecified atom stereocenters. The van der Waals surface area contributed by atoms with Gasteiger partial charge in [0, 0.05) is 24.2 Å². The van der Waals surface area contributed by atoms with Crippen LogP contribution in [-0.4, -0.2) is 25.7 Å². The van der Waals surface area contributed by atoms with Crippen molar-refractivity contribution in [2.75, 3.05) is 5.32 Å². The summed E-state index contributed by atoms with van der Waals surface area (Å²) in [5.74, 6) is 0.420. The van der Waals surface area contributed by atoms with E-state index < -0.39 is 0 Å². The molecule has 2 aromatic heterocycles. The third-order valence-electron chi connectivity index (χ3n) is 4.96. The highest BCUT2D eigenvalue weighted by Gasteiger charge is 2.26. The molecule has 3 aromatic rings. The van der Waals surface area contributed by atoms with E-state index in [0.717, 1.165) is 22.0 Å². The van der Waals surface area contributed by atoms with Gasteiger partial charge in [-0.2, -0.15) is 0 Å². The van der Waals surface area contributed by atoms with Crippen molar-refractivity contribution in [3.63, 3.8) is 0 Å². The monoisotopic (exact) mass is 393 g/mol. The van der Waals surface area contributed by atoms with Crippen LogP contribution in [0.4, 0.5) is 5.69 Å². The van der Waals surface area contributed by atoms with E-state index in [2.05, 4.69) is 40.4 Å². The maximum atomic E-state index is 12.7. The number of thioether (sulfide) groups is 1. The Morgan fingerprint density at radius 2 is 2.14 bits per heavy atom. The lowest BCUT2D eigenvalue weighted by Crippen LogP contribution is -2.14. The third kappa shape index (κ3) is 4.09. The maximum Gasteiger partial charge on any atom is 0.274 e. The average molecular weight is 394 g/mol. The van der Waals surface area contributed by atoms with E-state index in [9.17, 15) is 4.79 Å². The first kappa shape index (κ1) is 18.7. The molecule has 1 saturated carbocycles. The Balaban J connectivity index is 1.48. The zero-order valence-corrected chi connectivity index (χ0v) is 17.0. The largest absolute Gasteiger partial charge is 0.321 e. The Kier molecular flexibility index (Phi) is 5.17. The van der Waals surface area contributed by atoms with Gasteiger partial charge < -0.3 is 9.88 Å². The molecule has 1 atom stereocenters. The highest BCUT2D eigenvalue weighted by molar-refractivity contribution is 7.99. The molecule has 0 spiro atoms. The number of rotatable bonds is 6. The van der Waals surface area contributed by atoms with E-state index in [1.54, 1.807) is 24.3 Å². The van der Waals surface area contributed by atoms with Gasteiger partial charge >= 0.3 is 0 Å². The van der Waals surface area contributed by atoms with Crippen LogP contribution in [0.25, 0.3) is 0 Å². The summed E-state index contributed by atoms with van der Waals surface area (Å²) in [6.45, 7) is 4.17. The first-order valence-electron chi connectivity index (χ1n) is 9.40. The van der Waals surface area contributed by atoms with Gasteiger partial charge in [-0.3, -0.25) is 9.78 Å². The van der Waals surface area contributed by atoms with Crippen molar-refractivity contribution < 1.29 is 4.79 Å². The molecule has 1 aliphatic carbocycles. The van der Waals surface area contributed by atoms with Crippen LogP contribution in [-0.2, 0) is 7.05 Å². The topological polar surface area (TPSA) is 72.7 Å². The fourth-order valence-electron chi connectivity index (χ4n) is 3.17. The molecule has 4 rings (SSSR count). The average Bonchev–Trinajstić information content (AvgIpc) is 3.45. The van der Waals surface area contributed by atoms with Crippen LogP contribution in [0.5, 0.6) is 0 Å². The predicted octanol–water partition coefficient (Wildman–Crippen LogP) is 4.50. The first-order chi connectivity index (χ1) is 13.5. The van der Waals surface area contributed by atoms with Crippen molar-refractivity contribution in [1.29, 1.82) is 0 Å². The number of nitrogens with zero attached hydrogens (tertiary/aromatic N) is 4. The zero-order chi connectivity index (χ0) is 19.7. The van der Waals surface area contributed by atoms with E-state index in [1.807, 2.05) is 35.9 Å². The van der Waals surface area contributed by atoms with Crippen LogP contribution in [0.2, 0.25) is 0 Å². The quantitative estimate of drug-likeness (QED) is 0.624. The second-order valence-corrected chi connectivity index (χ2v) is 8.57. The van der Waals surface area contributed by atoms with E-state index in [4.69, 9.17) is 0 Å². The molecule has 0 radical (unpaired) electrons. The molecule has 1 N–H and O–H groups in total. The van der Waals surface area contributed by atoms with Crippen molar-refractivity contribution in [1.82, 2.24) is 19.7 Å². The Hall–Kier alpha value is -2.67. The Labute approximate surface area is 168 Å². The van der Waals surface area contributed by atoms with Crippen molar-refractivity contribution in [2.24, 2.45) is 7.05 Å². The number of carbonyl (C=O) groups is 1. The zero-order valence-electron chi connectivity index (χ0n) is 16.2. The number of hydrogen-bond donors (Lipinski definition) is 1. The molecule has 6 nitrogen and oxygen atoms in total. The molecule has 1 fully saturated rings. The smallest absolute Gasteiger partial charge is 0.274 e.